The average Bonchev–Trinajstić information content (AvgIpc) is 2.54. The SMILES string of the molecule is CCCCCCC[CH]CC(CC(C(C(C)S(=O)(=O)O)S(=O)(=O)O)S(=O)(=O)O)S(=O)(=O)O. The van der Waals surface area contributed by atoms with Crippen molar-refractivity contribution in [3.8, 4) is 0 Å². The van der Waals surface area contributed by atoms with E-state index >= 15 is 0 Å². The smallest absolute Gasteiger partial charge is 0.270 e. The summed E-state index contributed by atoms with van der Waals surface area (Å²) in [6.45, 7) is 2.59. The van der Waals surface area contributed by atoms with Crippen LogP contribution in [0.4, 0.5) is 0 Å². The topological polar surface area (TPSA) is 217 Å². The second kappa shape index (κ2) is 12.2. The van der Waals surface area contributed by atoms with Crippen molar-refractivity contribution in [1.82, 2.24) is 0 Å². The van der Waals surface area contributed by atoms with Crippen molar-refractivity contribution in [2.45, 2.75) is 86.2 Å². The Kier molecular flexibility index (Phi) is 12.1. The highest BCUT2D eigenvalue weighted by Gasteiger charge is 2.49. The Morgan fingerprint density at radius 2 is 1.23 bits per heavy atom. The van der Waals surface area contributed by atoms with E-state index in [0.717, 1.165) is 25.7 Å². The lowest BCUT2D eigenvalue weighted by molar-refractivity contribution is 0.408. The first-order chi connectivity index (χ1) is 13.8. The van der Waals surface area contributed by atoms with E-state index in [2.05, 4.69) is 0 Å². The van der Waals surface area contributed by atoms with Crippen molar-refractivity contribution in [3.63, 3.8) is 0 Å². The first-order valence-electron chi connectivity index (χ1n) is 9.50. The zero-order valence-corrected chi connectivity index (χ0v) is 20.5. The van der Waals surface area contributed by atoms with Gasteiger partial charge in [-0.05, 0) is 26.2 Å². The summed E-state index contributed by atoms with van der Waals surface area (Å²) in [5.41, 5.74) is 0. The van der Waals surface area contributed by atoms with Crippen molar-refractivity contribution < 1.29 is 51.9 Å². The Hall–Kier alpha value is -0.360. The van der Waals surface area contributed by atoms with E-state index in [4.69, 9.17) is 4.55 Å². The Balaban J connectivity index is 5.78. The Labute approximate surface area is 184 Å². The van der Waals surface area contributed by atoms with Crippen LogP contribution < -0.4 is 0 Å². The summed E-state index contributed by atoms with van der Waals surface area (Å²) in [5.74, 6) is 0. The van der Waals surface area contributed by atoms with Gasteiger partial charge in [0.05, 0.1) is 5.25 Å². The lowest BCUT2D eigenvalue weighted by Crippen LogP contribution is -2.50. The highest BCUT2D eigenvalue weighted by molar-refractivity contribution is 7.92. The molecular weight excluding hydrogens is 500 g/mol. The van der Waals surface area contributed by atoms with E-state index in [1.165, 1.54) is 6.42 Å². The van der Waals surface area contributed by atoms with Gasteiger partial charge in [-0.1, -0.05) is 45.4 Å². The van der Waals surface area contributed by atoms with E-state index in [9.17, 15) is 47.3 Å². The number of hydrogen-bond donors (Lipinski definition) is 4. The van der Waals surface area contributed by atoms with Crippen molar-refractivity contribution in [2.75, 3.05) is 0 Å². The highest BCUT2D eigenvalue weighted by Crippen LogP contribution is 2.28. The first kappa shape index (κ1) is 30.6. The average molecular weight is 532 g/mol. The van der Waals surface area contributed by atoms with Gasteiger partial charge in [0, 0.05) is 0 Å². The molecule has 4 atom stereocenters. The van der Waals surface area contributed by atoms with Crippen LogP contribution in [0.1, 0.15) is 65.2 Å². The molecule has 12 nitrogen and oxygen atoms in total. The second-order valence-corrected chi connectivity index (χ2v) is 14.0. The minimum Gasteiger partial charge on any atom is -0.285 e. The van der Waals surface area contributed by atoms with E-state index < -0.39 is 74.3 Å². The largest absolute Gasteiger partial charge is 0.285 e. The number of hydrogen-bond acceptors (Lipinski definition) is 8. The molecule has 0 saturated carbocycles. The molecule has 0 spiro atoms. The monoisotopic (exact) mass is 531 g/mol. The van der Waals surface area contributed by atoms with Crippen molar-refractivity contribution in [3.05, 3.63) is 6.42 Å². The zero-order valence-electron chi connectivity index (χ0n) is 17.2. The summed E-state index contributed by atoms with van der Waals surface area (Å²) in [6, 6.07) is 0. The third-order valence-corrected chi connectivity index (χ3v) is 10.4. The quantitative estimate of drug-likeness (QED) is 0.164. The van der Waals surface area contributed by atoms with Crippen LogP contribution in [0.25, 0.3) is 0 Å². The molecule has 0 aliphatic heterocycles. The van der Waals surface area contributed by atoms with Crippen LogP contribution in [0, 0.1) is 6.42 Å². The Morgan fingerprint density at radius 1 is 0.710 bits per heavy atom. The van der Waals surface area contributed by atoms with Crippen LogP contribution in [-0.2, 0) is 40.5 Å². The summed E-state index contributed by atoms with van der Waals surface area (Å²) in [7, 11) is -21.2. The molecule has 0 amide bonds. The lowest BCUT2D eigenvalue weighted by atomic mass is 10.0. The van der Waals surface area contributed by atoms with E-state index in [-0.39, 0.29) is 0 Å². The van der Waals surface area contributed by atoms with Crippen LogP contribution in [0.2, 0.25) is 0 Å². The standard InChI is InChI=1S/C15H31O12S4/c1-3-4-5-6-7-8-9-10-13(29(19,20)21)11-14(30(22,23)24)15(31(25,26)27)12(2)28(16,17)18/h9,12-15H,3-8,10-11H2,1-2H3,(H,16,17,18)(H,19,20,21)(H,22,23,24)(H,25,26,27). The van der Waals surface area contributed by atoms with Gasteiger partial charge in [-0.25, -0.2) is 0 Å². The van der Waals surface area contributed by atoms with Gasteiger partial charge in [-0.2, -0.15) is 33.7 Å². The molecule has 31 heavy (non-hydrogen) atoms. The van der Waals surface area contributed by atoms with Gasteiger partial charge in [0.15, 0.2) is 0 Å². The predicted octanol–water partition coefficient (Wildman–Crippen LogP) is 1.38. The Bertz CT molecular complexity index is 967. The third kappa shape index (κ3) is 11.4. The predicted molar refractivity (Wildman–Crippen MR) is 114 cm³/mol. The summed E-state index contributed by atoms with van der Waals surface area (Å²) in [6.07, 6.45) is 4.73. The van der Waals surface area contributed by atoms with E-state index in [0.29, 0.717) is 19.8 Å². The maximum absolute atomic E-state index is 11.8. The van der Waals surface area contributed by atoms with E-state index in [1.807, 2.05) is 6.92 Å². The summed E-state index contributed by atoms with van der Waals surface area (Å²) < 4.78 is 131. The summed E-state index contributed by atoms with van der Waals surface area (Å²) >= 11 is 0. The molecule has 4 unspecified atom stereocenters. The van der Waals surface area contributed by atoms with Gasteiger partial charge in [-0.15, -0.1) is 0 Å². The Morgan fingerprint density at radius 3 is 1.61 bits per heavy atom. The number of rotatable bonds is 16. The summed E-state index contributed by atoms with van der Waals surface area (Å²) in [5, 5.41) is -9.81. The minimum absolute atomic E-state index is 0.412. The molecule has 0 aromatic rings. The second-order valence-electron chi connectivity index (χ2n) is 7.35. The molecule has 0 aliphatic rings. The fraction of sp³-hybridized carbons (Fsp3) is 0.933. The molecule has 0 fully saturated rings. The molecule has 0 aromatic heterocycles. The molecule has 4 N–H and O–H groups in total. The molecule has 0 bridgehead atoms. The van der Waals surface area contributed by atoms with E-state index in [1.54, 1.807) is 0 Å². The lowest BCUT2D eigenvalue weighted by Gasteiger charge is -2.28. The minimum atomic E-state index is -5.52. The zero-order chi connectivity index (χ0) is 24.7. The fourth-order valence-corrected chi connectivity index (χ4v) is 8.42. The van der Waals surface area contributed by atoms with Gasteiger partial charge in [-0.3, -0.25) is 18.2 Å². The van der Waals surface area contributed by atoms with Gasteiger partial charge in [0.25, 0.3) is 40.5 Å². The normalized spacial score (nSPS) is 17.7. The molecule has 0 saturated heterocycles. The van der Waals surface area contributed by atoms with Gasteiger partial charge >= 0.3 is 0 Å². The third-order valence-electron chi connectivity index (χ3n) is 4.88. The van der Waals surface area contributed by atoms with Crippen molar-refractivity contribution in [1.29, 1.82) is 0 Å². The first-order valence-corrected chi connectivity index (χ1v) is 15.5. The maximum Gasteiger partial charge on any atom is 0.270 e. The molecule has 0 aliphatic carbocycles. The molecule has 0 aromatic carbocycles. The molecule has 0 heterocycles. The van der Waals surface area contributed by atoms with Gasteiger partial charge < -0.3 is 0 Å². The van der Waals surface area contributed by atoms with Crippen molar-refractivity contribution in [2.24, 2.45) is 0 Å². The molecular formula is C15H31O12S4. The molecule has 0 rings (SSSR count). The molecule has 16 heteroatoms. The summed E-state index contributed by atoms with van der Waals surface area (Å²) in [4.78, 5) is 0. The highest BCUT2D eigenvalue weighted by atomic mass is 32.2. The van der Waals surface area contributed by atoms with Crippen molar-refractivity contribution >= 4 is 40.5 Å². The molecule has 1 radical (unpaired) electrons. The van der Waals surface area contributed by atoms with Gasteiger partial charge in [0.1, 0.15) is 15.7 Å². The van der Waals surface area contributed by atoms with Crippen LogP contribution in [-0.4, -0.2) is 72.9 Å². The van der Waals surface area contributed by atoms with Crippen LogP contribution in [0.3, 0.4) is 0 Å². The maximum atomic E-state index is 11.8. The van der Waals surface area contributed by atoms with Crippen LogP contribution in [0.15, 0.2) is 0 Å². The number of unbranched alkanes of at least 4 members (excludes halogenated alkanes) is 6. The fourth-order valence-electron chi connectivity index (χ4n) is 3.13. The molecule has 187 valence electrons. The van der Waals surface area contributed by atoms with Crippen LogP contribution in [0.5, 0.6) is 0 Å². The van der Waals surface area contributed by atoms with Gasteiger partial charge in [0.2, 0.25) is 0 Å². The van der Waals surface area contributed by atoms with Crippen LogP contribution >= 0.6 is 0 Å².